The van der Waals surface area contributed by atoms with Gasteiger partial charge in [-0.3, -0.25) is 0 Å². The Labute approximate surface area is 154 Å². The number of methoxy groups -OCH3 is 1. The van der Waals surface area contributed by atoms with Crippen molar-refractivity contribution in [1.82, 2.24) is 4.98 Å². The monoisotopic (exact) mass is 385 g/mol. The molecule has 0 bridgehead atoms. The molecule has 1 heterocycles. The molecular weight excluding hydrogens is 373 g/mol. The third-order valence-corrected chi connectivity index (χ3v) is 4.01. The molecule has 2 rings (SSSR count). The number of hydrogen-bond donors (Lipinski definition) is 1. The van der Waals surface area contributed by atoms with Crippen molar-refractivity contribution in [3.05, 3.63) is 45.0 Å². The average molecular weight is 387 g/mol. The van der Waals surface area contributed by atoms with Crippen LogP contribution in [-0.4, -0.2) is 25.2 Å². The van der Waals surface area contributed by atoms with E-state index in [9.17, 15) is 5.26 Å². The third kappa shape index (κ3) is 4.65. The van der Waals surface area contributed by atoms with E-state index in [0.29, 0.717) is 23.7 Å². The SMILES string of the molecule is COCC/C=C/CNc1oc(-c2cc(Cl)cc(Cl)c2Cl)nc1C#N. The fourth-order valence-electron chi connectivity index (χ4n) is 1.88. The molecule has 0 aliphatic carbocycles. The maximum Gasteiger partial charge on any atom is 0.232 e. The first kappa shape index (κ1) is 18.6. The molecule has 5 nitrogen and oxygen atoms in total. The third-order valence-electron chi connectivity index (χ3n) is 2.99. The Balaban J connectivity index is 2.19. The highest BCUT2D eigenvalue weighted by molar-refractivity contribution is 6.44. The molecule has 126 valence electrons. The fraction of sp³-hybridized carbons (Fsp3) is 0.250. The summed E-state index contributed by atoms with van der Waals surface area (Å²) < 4.78 is 10.6. The molecule has 24 heavy (non-hydrogen) atoms. The zero-order chi connectivity index (χ0) is 17.5. The summed E-state index contributed by atoms with van der Waals surface area (Å²) in [5.41, 5.74) is 0.553. The molecule has 0 amide bonds. The van der Waals surface area contributed by atoms with Gasteiger partial charge < -0.3 is 14.5 Å². The second-order valence-electron chi connectivity index (χ2n) is 4.69. The van der Waals surface area contributed by atoms with Crippen molar-refractivity contribution in [2.75, 3.05) is 25.6 Å². The molecule has 0 spiro atoms. The lowest BCUT2D eigenvalue weighted by Crippen LogP contribution is -1.98. The minimum Gasteiger partial charge on any atom is -0.419 e. The number of aromatic nitrogens is 1. The number of halogens is 3. The Morgan fingerprint density at radius 3 is 2.83 bits per heavy atom. The summed E-state index contributed by atoms with van der Waals surface area (Å²) in [6, 6.07) is 5.08. The quantitative estimate of drug-likeness (QED) is 0.403. The number of nitrogens with one attached hydrogen (secondary N) is 1. The lowest BCUT2D eigenvalue weighted by molar-refractivity contribution is 0.204. The van der Waals surface area contributed by atoms with Crippen molar-refractivity contribution in [2.24, 2.45) is 0 Å². The second-order valence-corrected chi connectivity index (χ2v) is 5.91. The minimum absolute atomic E-state index is 0.127. The summed E-state index contributed by atoms with van der Waals surface area (Å²) in [5.74, 6) is 0.433. The van der Waals surface area contributed by atoms with Crippen molar-refractivity contribution < 1.29 is 9.15 Å². The summed E-state index contributed by atoms with van der Waals surface area (Å²) in [4.78, 5) is 4.13. The number of ether oxygens (including phenoxy) is 1. The zero-order valence-electron chi connectivity index (χ0n) is 12.8. The van der Waals surface area contributed by atoms with E-state index in [1.54, 1.807) is 13.2 Å². The van der Waals surface area contributed by atoms with Crippen LogP contribution in [0.3, 0.4) is 0 Å². The van der Waals surface area contributed by atoms with Gasteiger partial charge in [0.15, 0.2) is 0 Å². The van der Waals surface area contributed by atoms with Crippen LogP contribution in [0.5, 0.6) is 0 Å². The van der Waals surface area contributed by atoms with Crippen LogP contribution in [0.4, 0.5) is 5.88 Å². The first-order valence-electron chi connectivity index (χ1n) is 7.00. The summed E-state index contributed by atoms with van der Waals surface area (Å²) in [7, 11) is 1.65. The van der Waals surface area contributed by atoms with E-state index in [1.165, 1.54) is 6.07 Å². The van der Waals surface area contributed by atoms with E-state index < -0.39 is 0 Å². The van der Waals surface area contributed by atoms with Gasteiger partial charge in [-0.15, -0.1) is 0 Å². The topological polar surface area (TPSA) is 71.1 Å². The largest absolute Gasteiger partial charge is 0.419 e. The summed E-state index contributed by atoms with van der Waals surface area (Å²) in [6.45, 7) is 1.14. The van der Waals surface area contributed by atoms with Gasteiger partial charge in [0.25, 0.3) is 0 Å². The number of benzene rings is 1. The number of rotatable bonds is 7. The van der Waals surface area contributed by atoms with Crippen LogP contribution in [0.15, 0.2) is 28.7 Å². The number of nitrogens with zero attached hydrogens (tertiary/aromatic N) is 2. The highest BCUT2D eigenvalue weighted by Crippen LogP contribution is 2.37. The minimum atomic E-state index is 0.127. The smallest absolute Gasteiger partial charge is 0.232 e. The molecule has 0 saturated heterocycles. The van der Waals surface area contributed by atoms with Crippen molar-refractivity contribution >= 4 is 40.7 Å². The van der Waals surface area contributed by atoms with E-state index >= 15 is 0 Å². The van der Waals surface area contributed by atoms with Crippen molar-refractivity contribution in [3.63, 3.8) is 0 Å². The highest BCUT2D eigenvalue weighted by Gasteiger charge is 2.18. The van der Waals surface area contributed by atoms with E-state index in [1.807, 2.05) is 18.2 Å². The second kappa shape index (κ2) is 8.95. The van der Waals surface area contributed by atoms with E-state index in [4.69, 9.17) is 44.0 Å². The van der Waals surface area contributed by atoms with Gasteiger partial charge in [0, 0.05) is 25.3 Å². The molecule has 0 fully saturated rings. The number of hydrogen-bond acceptors (Lipinski definition) is 5. The van der Waals surface area contributed by atoms with Crippen LogP contribution < -0.4 is 5.32 Å². The zero-order valence-corrected chi connectivity index (χ0v) is 15.0. The molecule has 0 unspecified atom stereocenters. The van der Waals surface area contributed by atoms with Crippen LogP contribution in [0.1, 0.15) is 12.1 Å². The number of anilines is 1. The van der Waals surface area contributed by atoms with Crippen LogP contribution in [0.25, 0.3) is 11.5 Å². The van der Waals surface area contributed by atoms with Crippen molar-refractivity contribution in [3.8, 4) is 17.5 Å². The van der Waals surface area contributed by atoms with Gasteiger partial charge in [0.1, 0.15) is 6.07 Å². The van der Waals surface area contributed by atoms with Crippen LogP contribution in [0, 0.1) is 11.3 Å². The molecular formula is C16H14Cl3N3O2. The molecule has 0 aliphatic heterocycles. The van der Waals surface area contributed by atoms with Crippen LogP contribution in [0.2, 0.25) is 15.1 Å². The van der Waals surface area contributed by atoms with Crippen LogP contribution in [-0.2, 0) is 4.74 Å². The summed E-state index contributed by atoms with van der Waals surface area (Å²) in [5, 5.41) is 13.1. The predicted molar refractivity (Wildman–Crippen MR) is 95.8 cm³/mol. The standard InChI is InChI=1S/C16H14Cl3N3O2/c1-23-6-4-2-3-5-21-16-13(9-20)22-15(24-16)11-7-10(17)8-12(18)14(11)19/h2-3,7-8,21H,4-6H2,1H3/b3-2+. The summed E-state index contributed by atoms with van der Waals surface area (Å²) in [6.07, 6.45) is 4.68. The first-order chi connectivity index (χ1) is 11.6. The molecule has 2 aromatic rings. The lowest BCUT2D eigenvalue weighted by Gasteiger charge is -2.03. The first-order valence-corrected chi connectivity index (χ1v) is 8.13. The van der Waals surface area contributed by atoms with Gasteiger partial charge in [-0.1, -0.05) is 47.0 Å². The normalized spacial score (nSPS) is 11.0. The van der Waals surface area contributed by atoms with Gasteiger partial charge in [-0.2, -0.15) is 10.2 Å². The van der Waals surface area contributed by atoms with Crippen LogP contribution >= 0.6 is 34.8 Å². The highest BCUT2D eigenvalue weighted by atomic mass is 35.5. The van der Waals surface area contributed by atoms with Crippen molar-refractivity contribution in [2.45, 2.75) is 6.42 Å². The molecule has 1 aromatic heterocycles. The Kier molecular flexibility index (Phi) is 6.95. The maximum atomic E-state index is 9.20. The number of oxazole rings is 1. The number of nitriles is 1. The Hall–Kier alpha value is -1.71. The van der Waals surface area contributed by atoms with E-state index in [2.05, 4.69) is 10.3 Å². The molecule has 1 N–H and O–H groups in total. The molecule has 1 aromatic carbocycles. The van der Waals surface area contributed by atoms with Crippen molar-refractivity contribution in [1.29, 1.82) is 5.26 Å². The molecule has 0 saturated carbocycles. The van der Waals surface area contributed by atoms with Gasteiger partial charge in [0.05, 0.1) is 15.6 Å². The van der Waals surface area contributed by atoms with Gasteiger partial charge in [-0.25, -0.2) is 0 Å². The molecule has 0 radical (unpaired) electrons. The lowest BCUT2D eigenvalue weighted by atomic mass is 10.2. The van der Waals surface area contributed by atoms with Gasteiger partial charge in [-0.05, 0) is 18.6 Å². The average Bonchev–Trinajstić information content (AvgIpc) is 2.97. The Morgan fingerprint density at radius 2 is 2.12 bits per heavy atom. The Bertz CT molecular complexity index is 782. The van der Waals surface area contributed by atoms with E-state index in [0.717, 1.165) is 6.42 Å². The maximum absolute atomic E-state index is 9.20. The van der Waals surface area contributed by atoms with Gasteiger partial charge >= 0.3 is 0 Å². The summed E-state index contributed by atoms with van der Waals surface area (Å²) >= 11 is 18.2. The fourth-order valence-corrected chi connectivity index (χ4v) is 2.56. The van der Waals surface area contributed by atoms with E-state index in [-0.39, 0.29) is 27.5 Å². The predicted octanol–water partition coefficient (Wildman–Crippen LogP) is 5.18. The molecule has 0 atom stereocenters. The molecule has 8 heteroatoms. The van der Waals surface area contributed by atoms with Gasteiger partial charge in [0.2, 0.25) is 17.5 Å². The Morgan fingerprint density at radius 1 is 1.33 bits per heavy atom. The molecule has 0 aliphatic rings.